The molecule has 3 aromatic rings. The van der Waals surface area contributed by atoms with Crippen LogP contribution in [0.2, 0.25) is 0 Å². The highest BCUT2D eigenvalue weighted by atomic mass is 15.2. The molecular weight excluding hydrogens is 264 g/mol. The second kappa shape index (κ2) is 5.70. The molecule has 21 heavy (non-hydrogen) atoms. The molecule has 2 heterocycles. The number of anilines is 1. The minimum absolute atomic E-state index is 0.658. The molecule has 0 saturated heterocycles. The lowest BCUT2D eigenvalue weighted by molar-refractivity contribution is 0.919. The molecule has 0 aliphatic carbocycles. The summed E-state index contributed by atoms with van der Waals surface area (Å²) in [7, 11) is 1.93. The highest BCUT2D eigenvalue weighted by Crippen LogP contribution is 2.20. The molecule has 0 saturated carbocycles. The summed E-state index contributed by atoms with van der Waals surface area (Å²) >= 11 is 0. The summed E-state index contributed by atoms with van der Waals surface area (Å²) in [5, 5.41) is 11.4. The van der Waals surface area contributed by atoms with Crippen LogP contribution in [0.5, 0.6) is 0 Å². The molecule has 0 unspecified atom stereocenters. The van der Waals surface area contributed by atoms with Crippen LogP contribution in [-0.2, 0) is 13.6 Å². The van der Waals surface area contributed by atoms with Crippen molar-refractivity contribution in [2.75, 3.05) is 5.32 Å². The summed E-state index contributed by atoms with van der Waals surface area (Å²) in [6.45, 7) is 2.55. The standard InChI is InChI=1S/C15H16N6/c1-11-16-7-6-14(19-11)9-17-13-5-3-4-12(8-13)15-20-18-10-21(15)2/h3-8,10,17H,9H2,1-2H3. The van der Waals surface area contributed by atoms with E-state index in [2.05, 4.69) is 31.5 Å². The lowest BCUT2D eigenvalue weighted by Gasteiger charge is -2.08. The van der Waals surface area contributed by atoms with Gasteiger partial charge in [-0.2, -0.15) is 0 Å². The van der Waals surface area contributed by atoms with Crippen molar-refractivity contribution >= 4 is 5.69 Å². The molecule has 2 aromatic heterocycles. The van der Waals surface area contributed by atoms with Crippen molar-refractivity contribution in [3.8, 4) is 11.4 Å². The molecule has 0 radical (unpaired) electrons. The molecule has 6 heteroatoms. The average molecular weight is 280 g/mol. The van der Waals surface area contributed by atoms with Gasteiger partial charge < -0.3 is 9.88 Å². The Morgan fingerprint density at radius 1 is 1.24 bits per heavy atom. The van der Waals surface area contributed by atoms with Crippen molar-refractivity contribution in [3.05, 3.63) is 54.4 Å². The van der Waals surface area contributed by atoms with E-state index in [9.17, 15) is 0 Å². The third-order valence-electron chi connectivity index (χ3n) is 3.14. The van der Waals surface area contributed by atoms with Crippen LogP contribution in [0.1, 0.15) is 11.5 Å². The number of nitrogens with one attached hydrogen (secondary N) is 1. The van der Waals surface area contributed by atoms with Gasteiger partial charge in [0.1, 0.15) is 12.2 Å². The first-order valence-electron chi connectivity index (χ1n) is 6.69. The quantitative estimate of drug-likeness (QED) is 0.793. The minimum Gasteiger partial charge on any atom is -0.379 e. The van der Waals surface area contributed by atoms with Gasteiger partial charge >= 0.3 is 0 Å². The topological polar surface area (TPSA) is 68.5 Å². The Hall–Kier alpha value is -2.76. The summed E-state index contributed by atoms with van der Waals surface area (Å²) in [6.07, 6.45) is 3.47. The largest absolute Gasteiger partial charge is 0.379 e. The zero-order valence-corrected chi connectivity index (χ0v) is 12.0. The maximum atomic E-state index is 4.37. The molecular formula is C15H16N6. The Balaban J connectivity index is 1.76. The van der Waals surface area contributed by atoms with Crippen molar-refractivity contribution in [3.63, 3.8) is 0 Å². The molecule has 106 valence electrons. The second-order valence-electron chi connectivity index (χ2n) is 4.80. The number of aryl methyl sites for hydroxylation is 2. The lowest BCUT2D eigenvalue weighted by Crippen LogP contribution is -2.03. The van der Waals surface area contributed by atoms with Gasteiger partial charge in [0.05, 0.1) is 12.2 Å². The van der Waals surface area contributed by atoms with Crippen molar-refractivity contribution in [1.82, 2.24) is 24.7 Å². The summed E-state index contributed by atoms with van der Waals surface area (Å²) in [6, 6.07) is 10.0. The normalized spacial score (nSPS) is 10.6. The fourth-order valence-corrected chi connectivity index (χ4v) is 2.11. The first kappa shape index (κ1) is 13.2. The van der Waals surface area contributed by atoms with Gasteiger partial charge in [0.15, 0.2) is 5.82 Å². The number of hydrogen-bond acceptors (Lipinski definition) is 5. The van der Waals surface area contributed by atoms with Crippen molar-refractivity contribution in [2.24, 2.45) is 7.05 Å². The molecule has 0 fully saturated rings. The summed E-state index contributed by atoms with van der Waals surface area (Å²) in [4.78, 5) is 8.47. The first-order valence-corrected chi connectivity index (χ1v) is 6.69. The number of benzene rings is 1. The van der Waals surface area contributed by atoms with Gasteiger partial charge in [0, 0.05) is 24.5 Å². The molecule has 3 rings (SSSR count). The van der Waals surface area contributed by atoms with E-state index in [1.165, 1.54) is 0 Å². The molecule has 1 aromatic carbocycles. The summed E-state index contributed by atoms with van der Waals surface area (Å²) in [5.41, 5.74) is 3.01. The van der Waals surface area contributed by atoms with Crippen LogP contribution in [0.25, 0.3) is 11.4 Å². The van der Waals surface area contributed by atoms with Gasteiger partial charge in [-0.1, -0.05) is 12.1 Å². The fourth-order valence-electron chi connectivity index (χ4n) is 2.11. The molecule has 0 aliphatic heterocycles. The summed E-state index contributed by atoms with van der Waals surface area (Å²) < 4.78 is 1.90. The van der Waals surface area contributed by atoms with Crippen molar-refractivity contribution in [1.29, 1.82) is 0 Å². The zero-order chi connectivity index (χ0) is 14.7. The van der Waals surface area contributed by atoms with Gasteiger partial charge in [-0.25, -0.2) is 9.97 Å². The van der Waals surface area contributed by atoms with Crippen LogP contribution in [-0.4, -0.2) is 24.7 Å². The molecule has 0 spiro atoms. The molecule has 6 nitrogen and oxygen atoms in total. The molecule has 0 bridgehead atoms. The fraction of sp³-hybridized carbons (Fsp3) is 0.200. The van der Waals surface area contributed by atoms with Gasteiger partial charge in [-0.3, -0.25) is 0 Å². The smallest absolute Gasteiger partial charge is 0.163 e. The van der Waals surface area contributed by atoms with E-state index in [4.69, 9.17) is 0 Å². The monoisotopic (exact) mass is 280 g/mol. The lowest BCUT2D eigenvalue weighted by atomic mass is 10.2. The predicted octanol–water partition coefficient (Wildman–Crippen LogP) is 2.19. The number of rotatable bonds is 4. The van der Waals surface area contributed by atoms with Gasteiger partial charge in [-0.15, -0.1) is 10.2 Å². The number of nitrogens with zero attached hydrogens (tertiary/aromatic N) is 5. The number of aromatic nitrogens is 5. The Labute approximate surface area is 122 Å². The van der Waals surface area contributed by atoms with E-state index in [0.717, 1.165) is 28.6 Å². The maximum absolute atomic E-state index is 4.37. The zero-order valence-electron chi connectivity index (χ0n) is 12.0. The molecule has 0 amide bonds. The predicted molar refractivity (Wildman–Crippen MR) is 80.5 cm³/mol. The Morgan fingerprint density at radius 2 is 2.14 bits per heavy atom. The highest BCUT2D eigenvalue weighted by molar-refractivity contribution is 5.62. The van der Waals surface area contributed by atoms with E-state index in [0.29, 0.717) is 6.54 Å². The Kier molecular flexibility index (Phi) is 3.59. The first-order chi connectivity index (χ1) is 10.2. The Morgan fingerprint density at radius 3 is 2.90 bits per heavy atom. The van der Waals surface area contributed by atoms with Crippen LogP contribution in [0, 0.1) is 6.92 Å². The molecule has 0 atom stereocenters. The second-order valence-corrected chi connectivity index (χ2v) is 4.80. The SMILES string of the molecule is Cc1nccc(CNc2cccc(-c3nncn3C)c2)n1. The van der Waals surface area contributed by atoms with Crippen LogP contribution in [0.4, 0.5) is 5.69 Å². The molecule has 1 N–H and O–H groups in total. The van der Waals surface area contributed by atoms with Gasteiger partial charge in [-0.05, 0) is 25.1 Å². The van der Waals surface area contributed by atoms with Crippen LogP contribution < -0.4 is 5.32 Å². The van der Waals surface area contributed by atoms with Gasteiger partial charge in [0.25, 0.3) is 0 Å². The van der Waals surface area contributed by atoms with Crippen LogP contribution in [0.15, 0.2) is 42.9 Å². The van der Waals surface area contributed by atoms with E-state index in [1.807, 2.05) is 42.8 Å². The van der Waals surface area contributed by atoms with E-state index < -0.39 is 0 Å². The van der Waals surface area contributed by atoms with E-state index in [1.54, 1.807) is 12.5 Å². The third kappa shape index (κ3) is 3.05. The highest BCUT2D eigenvalue weighted by Gasteiger charge is 2.05. The summed E-state index contributed by atoms with van der Waals surface area (Å²) in [5.74, 6) is 1.62. The van der Waals surface area contributed by atoms with E-state index >= 15 is 0 Å². The van der Waals surface area contributed by atoms with Crippen LogP contribution >= 0.6 is 0 Å². The Bertz CT molecular complexity index is 749. The average Bonchev–Trinajstić information content (AvgIpc) is 2.92. The van der Waals surface area contributed by atoms with Crippen LogP contribution in [0.3, 0.4) is 0 Å². The number of hydrogen-bond donors (Lipinski definition) is 1. The third-order valence-corrected chi connectivity index (χ3v) is 3.14. The molecule has 0 aliphatic rings. The van der Waals surface area contributed by atoms with E-state index in [-0.39, 0.29) is 0 Å². The minimum atomic E-state index is 0.658. The van der Waals surface area contributed by atoms with Crippen molar-refractivity contribution in [2.45, 2.75) is 13.5 Å². The van der Waals surface area contributed by atoms with Gasteiger partial charge in [0.2, 0.25) is 0 Å². The maximum Gasteiger partial charge on any atom is 0.163 e. The van der Waals surface area contributed by atoms with Crippen molar-refractivity contribution < 1.29 is 0 Å².